The number of rotatable bonds is 4. The Hall–Kier alpha value is -1.37. The monoisotopic (exact) mass is 324 g/mol. The minimum Gasteiger partial charge on any atom is -0.342 e. The number of nitrogens with one attached hydrogen (secondary N) is 2. The van der Waals surface area contributed by atoms with E-state index < -0.39 is 0 Å². The van der Waals surface area contributed by atoms with Gasteiger partial charge in [-0.3, -0.25) is 10.1 Å². The molecular formula is C14H17ClN4OS. The van der Waals surface area contributed by atoms with Crippen LogP contribution in [0.3, 0.4) is 0 Å². The number of carbonyl (C=O) groups is 1. The highest BCUT2D eigenvalue weighted by Gasteiger charge is 2.18. The van der Waals surface area contributed by atoms with Crippen molar-refractivity contribution in [3.8, 4) is 0 Å². The second-order valence-electron chi connectivity index (χ2n) is 5.01. The van der Waals surface area contributed by atoms with Gasteiger partial charge in [0.2, 0.25) is 0 Å². The molecule has 0 aliphatic carbocycles. The number of aryl methyl sites for hydroxylation is 1. The molecule has 0 saturated heterocycles. The molecular weight excluding hydrogens is 308 g/mol. The lowest BCUT2D eigenvalue weighted by molar-refractivity contribution is 0.101. The molecule has 1 aliphatic heterocycles. The van der Waals surface area contributed by atoms with Crippen molar-refractivity contribution in [3.63, 3.8) is 0 Å². The van der Waals surface area contributed by atoms with E-state index in [9.17, 15) is 4.79 Å². The summed E-state index contributed by atoms with van der Waals surface area (Å²) >= 11 is 7.55. The smallest absolute Gasteiger partial charge is 0.274 e. The van der Waals surface area contributed by atoms with Gasteiger partial charge in [-0.05, 0) is 12.5 Å². The van der Waals surface area contributed by atoms with Crippen LogP contribution in [0.4, 0.5) is 5.13 Å². The summed E-state index contributed by atoms with van der Waals surface area (Å²) < 4.78 is 1.88. The van der Waals surface area contributed by atoms with Crippen LogP contribution in [-0.4, -0.2) is 22.0 Å². The van der Waals surface area contributed by atoms with Crippen LogP contribution in [0.2, 0.25) is 5.02 Å². The van der Waals surface area contributed by atoms with E-state index in [1.165, 1.54) is 16.2 Å². The van der Waals surface area contributed by atoms with Crippen molar-refractivity contribution in [3.05, 3.63) is 33.6 Å². The van der Waals surface area contributed by atoms with Gasteiger partial charge in [-0.25, -0.2) is 4.98 Å². The van der Waals surface area contributed by atoms with Crippen LogP contribution in [-0.2, 0) is 19.5 Å². The van der Waals surface area contributed by atoms with Crippen LogP contribution in [0.1, 0.15) is 34.4 Å². The van der Waals surface area contributed by atoms with Gasteiger partial charge in [0.15, 0.2) is 5.13 Å². The zero-order chi connectivity index (χ0) is 14.8. The number of aromatic nitrogens is 2. The Morgan fingerprint density at radius 2 is 2.48 bits per heavy atom. The molecule has 3 heterocycles. The average Bonchev–Trinajstić information content (AvgIpc) is 3.02. The van der Waals surface area contributed by atoms with Crippen molar-refractivity contribution in [2.24, 2.45) is 0 Å². The lowest BCUT2D eigenvalue weighted by Gasteiger charge is -2.09. The SMILES string of the molecule is CCCn1cc(Cl)cc1C(=O)Nc1nc2c(s1)CNCC2. The molecule has 5 nitrogen and oxygen atoms in total. The van der Waals surface area contributed by atoms with Crippen molar-refractivity contribution in [1.82, 2.24) is 14.9 Å². The summed E-state index contributed by atoms with van der Waals surface area (Å²) in [6.45, 7) is 4.62. The van der Waals surface area contributed by atoms with Crippen LogP contribution in [0.25, 0.3) is 0 Å². The van der Waals surface area contributed by atoms with E-state index in [0.717, 1.165) is 38.2 Å². The van der Waals surface area contributed by atoms with E-state index in [1.807, 2.05) is 4.57 Å². The number of nitrogens with zero attached hydrogens (tertiary/aromatic N) is 2. The zero-order valence-electron chi connectivity index (χ0n) is 11.8. The minimum absolute atomic E-state index is 0.158. The molecule has 2 N–H and O–H groups in total. The Balaban J connectivity index is 1.78. The third kappa shape index (κ3) is 3.12. The van der Waals surface area contributed by atoms with E-state index in [2.05, 4.69) is 22.5 Å². The maximum absolute atomic E-state index is 12.4. The second kappa shape index (κ2) is 6.17. The fraction of sp³-hybridized carbons (Fsp3) is 0.429. The molecule has 7 heteroatoms. The lowest BCUT2D eigenvalue weighted by atomic mass is 10.2. The van der Waals surface area contributed by atoms with E-state index in [-0.39, 0.29) is 5.91 Å². The van der Waals surface area contributed by atoms with Crippen molar-refractivity contribution in [1.29, 1.82) is 0 Å². The molecule has 2 aromatic heterocycles. The summed E-state index contributed by atoms with van der Waals surface area (Å²) in [6, 6.07) is 1.70. The summed E-state index contributed by atoms with van der Waals surface area (Å²) in [4.78, 5) is 18.1. The Kier molecular flexibility index (Phi) is 4.28. The molecule has 0 atom stereocenters. The van der Waals surface area contributed by atoms with Gasteiger partial charge >= 0.3 is 0 Å². The number of amides is 1. The standard InChI is InChI=1S/C14H17ClN4OS/c1-2-5-19-8-9(15)6-11(19)13(20)18-14-17-10-3-4-16-7-12(10)21-14/h6,8,16H,2-5,7H2,1H3,(H,17,18,20). The highest BCUT2D eigenvalue weighted by Crippen LogP contribution is 2.26. The highest BCUT2D eigenvalue weighted by molar-refractivity contribution is 7.15. The van der Waals surface area contributed by atoms with Crippen LogP contribution in [0.5, 0.6) is 0 Å². The average molecular weight is 325 g/mol. The molecule has 0 spiro atoms. The van der Waals surface area contributed by atoms with Gasteiger partial charge in [-0.1, -0.05) is 18.5 Å². The first-order valence-electron chi connectivity index (χ1n) is 7.03. The Bertz CT molecular complexity index is 640. The predicted molar refractivity (Wildman–Crippen MR) is 85.2 cm³/mol. The van der Waals surface area contributed by atoms with Crippen molar-refractivity contribution in [2.45, 2.75) is 32.9 Å². The zero-order valence-corrected chi connectivity index (χ0v) is 13.4. The van der Waals surface area contributed by atoms with Crippen molar-refractivity contribution < 1.29 is 4.79 Å². The molecule has 112 valence electrons. The number of hydrogen-bond donors (Lipinski definition) is 2. The van der Waals surface area contributed by atoms with E-state index in [1.54, 1.807) is 12.3 Å². The normalized spacial score (nSPS) is 14.0. The van der Waals surface area contributed by atoms with E-state index >= 15 is 0 Å². The van der Waals surface area contributed by atoms with Gasteiger partial charge in [0, 0.05) is 37.1 Å². The number of thiazole rings is 1. The molecule has 3 rings (SSSR count). The highest BCUT2D eigenvalue weighted by atomic mass is 35.5. The number of halogens is 1. The van der Waals surface area contributed by atoms with E-state index in [4.69, 9.17) is 11.6 Å². The molecule has 0 saturated carbocycles. The number of carbonyl (C=O) groups excluding carboxylic acids is 1. The molecule has 1 aliphatic rings. The molecule has 2 aromatic rings. The third-order valence-corrected chi connectivity index (χ3v) is 4.60. The first kappa shape index (κ1) is 14.6. The number of anilines is 1. The first-order chi connectivity index (χ1) is 10.2. The van der Waals surface area contributed by atoms with Gasteiger partial charge in [0.05, 0.1) is 10.7 Å². The maximum atomic E-state index is 12.4. The predicted octanol–water partition coefficient (Wildman–Crippen LogP) is 2.91. The minimum atomic E-state index is -0.158. The Morgan fingerprint density at radius 3 is 3.24 bits per heavy atom. The van der Waals surface area contributed by atoms with E-state index in [0.29, 0.717) is 15.8 Å². The van der Waals surface area contributed by atoms with Gasteiger partial charge < -0.3 is 9.88 Å². The van der Waals surface area contributed by atoms with Crippen LogP contribution >= 0.6 is 22.9 Å². The molecule has 21 heavy (non-hydrogen) atoms. The maximum Gasteiger partial charge on any atom is 0.274 e. The van der Waals surface area contributed by atoms with Gasteiger partial charge in [0.25, 0.3) is 5.91 Å². The summed E-state index contributed by atoms with van der Waals surface area (Å²) in [5, 5.41) is 7.43. The summed E-state index contributed by atoms with van der Waals surface area (Å²) in [5.41, 5.74) is 1.67. The van der Waals surface area contributed by atoms with Crippen molar-refractivity contribution >= 4 is 34.0 Å². The molecule has 0 bridgehead atoms. The largest absolute Gasteiger partial charge is 0.342 e. The van der Waals surface area contributed by atoms with Crippen LogP contribution in [0.15, 0.2) is 12.3 Å². The summed E-state index contributed by atoms with van der Waals surface area (Å²) in [5.74, 6) is -0.158. The molecule has 1 amide bonds. The molecule has 0 unspecified atom stereocenters. The van der Waals surface area contributed by atoms with Crippen molar-refractivity contribution in [2.75, 3.05) is 11.9 Å². The second-order valence-corrected chi connectivity index (χ2v) is 6.53. The fourth-order valence-corrected chi connectivity index (χ4v) is 3.63. The number of fused-ring (bicyclic) bond motifs is 1. The van der Waals surface area contributed by atoms with Crippen LogP contribution < -0.4 is 10.6 Å². The number of hydrogen-bond acceptors (Lipinski definition) is 4. The summed E-state index contributed by atoms with van der Waals surface area (Å²) in [7, 11) is 0. The van der Waals surface area contributed by atoms with Gasteiger partial charge in [-0.2, -0.15) is 0 Å². The topological polar surface area (TPSA) is 59.0 Å². The molecule has 0 aromatic carbocycles. The third-order valence-electron chi connectivity index (χ3n) is 3.38. The molecule has 0 fully saturated rings. The fourth-order valence-electron chi connectivity index (χ4n) is 2.43. The van der Waals surface area contributed by atoms with Gasteiger partial charge in [0.1, 0.15) is 5.69 Å². The Labute approximate surface area is 132 Å². The quantitative estimate of drug-likeness (QED) is 0.909. The van der Waals surface area contributed by atoms with Gasteiger partial charge in [-0.15, -0.1) is 11.3 Å². The lowest BCUT2D eigenvalue weighted by Crippen LogP contribution is -2.22. The van der Waals surface area contributed by atoms with Crippen LogP contribution in [0, 0.1) is 0 Å². The summed E-state index contributed by atoms with van der Waals surface area (Å²) in [6.07, 6.45) is 3.65. The first-order valence-corrected chi connectivity index (χ1v) is 8.23. The molecule has 0 radical (unpaired) electrons. The Morgan fingerprint density at radius 1 is 1.62 bits per heavy atom.